The Balaban J connectivity index is 1.51. The predicted octanol–water partition coefficient (Wildman–Crippen LogP) is 3.28. The van der Waals surface area contributed by atoms with Crippen LogP contribution in [0.25, 0.3) is 0 Å². The van der Waals surface area contributed by atoms with Crippen molar-refractivity contribution in [2.75, 3.05) is 41.3 Å². The number of rotatable bonds is 10. The smallest absolute Gasteiger partial charge is 0.253 e. The number of aromatic amines is 1. The molecule has 0 spiro atoms. The molecule has 2 heterocycles. The molecule has 1 aliphatic carbocycles. The van der Waals surface area contributed by atoms with Crippen LogP contribution in [0.3, 0.4) is 0 Å². The van der Waals surface area contributed by atoms with Gasteiger partial charge in [-0.05, 0) is 103 Å². The maximum Gasteiger partial charge on any atom is 0.253 e. The van der Waals surface area contributed by atoms with Crippen LogP contribution in [-0.4, -0.2) is 106 Å². The summed E-state index contributed by atoms with van der Waals surface area (Å²) in [6.45, 7) is 0.509. The topological polar surface area (TPSA) is 151 Å². The fourth-order valence-corrected chi connectivity index (χ4v) is 7.55. The van der Waals surface area contributed by atoms with Gasteiger partial charge in [-0.25, -0.2) is 4.39 Å². The van der Waals surface area contributed by atoms with E-state index in [4.69, 9.17) is 0 Å². The maximum absolute atomic E-state index is 14.0. The van der Waals surface area contributed by atoms with Crippen molar-refractivity contribution >= 4 is 17.7 Å². The summed E-state index contributed by atoms with van der Waals surface area (Å²) in [5.74, 6) is -0.383. The molecule has 6 rings (SSSR count). The number of carbonyl (C=O) groups excluding carboxylic acids is 3. The van der Waals surface area contributed by atoms with E-state index in [2.05, 4.69) is 32.0 Å². The third-order valence-corrected chi connectivity index (χ3v) is 10.0. The lowest BCUT2D eigenvalue weighted by Gasteiger charge is -2.37. The van der Waals surface area contributed by atoms with Crippen LogP contribution >= 0.6 is 0 Å². The van der Waals surface area contributed by atoms with Crippen molar-refractivity contribution < 1.29 is 18.8 Å². The molecule has 3 aromatic carbocycles. The molecular weight excluding hydrogens is 649 g/mol. The molecule has 1 aromatic heterocycles. The van der Waals surface area contributed by atoms with Crippen molar-refractivity contribution in [3.05, 3.63) is 111 Å². The van der Waals surface area contributed by atoms with E-state index >= 15 is 0 Å². The minimum absolute atomic E-state index is 0.0152. The summed E-state index contributed by atoms with van der Waals surface area (Å²) in [4.78, 5) is 44.6. The number of likely N-dealkylation sites (tertiary alicyclic amines) is 1. The van der Waals surface area contributed by atoms with Gasteiger partial charge in [-0.3, -0.25) is 14.4 Å². The Morgan fingerprint density at radius 3 is 2.12 bits per heavy atom. The number of nitrogens with zero attached hydrogens (tertiary/aromatic N) is 7. The third kappa shape index (κ3) is 7.09. The molecule has 3 amide bonds. The normalized spacial score (nSPS) is 16.7. The molecule has 0 bridgehead atoms. The summed E-state index contributed by atoms with van der Waals surface area (Å²) < 4.78 is 14.0. The number of hydrogen-bond acceptors (Lipinski definition) is 8. The Hall–Kier alpha value is -5.48. The van der Waals surface area contributed by atoms with Crippen LogP contribution in [0.4, 0.5) is 4.39 Å². The second-order valence-electron chi connectivity index (χ2n) is 13.8. The van der Waals surface area contributed by atoms with Crippen LogP contribution in [0.2, 0.25) is 0 Å². The molecule has 1 aliphatic heterocycles. The standard InChI is InChI=1S/C38H42FN9O3/c1-46(2)35(50)27-11-15-32-25(19-27)9-10-26-20-28(36(51)47(3)4)12-16-33(26)38(32,37-42-44-45-43-37)21-30(18-24-7-13-29(39)14-8-24)41-23-34(49)48-17-5-6-31(48)22-40/h7-8,11-16,19-20,30-31,41H,5-6,9-10,17-18,21,23H2,1-4H3,(H,42,43,44,45)/t30-,31?/m1/s1. The summed E-state index contributed by atoms with van der Waals surface area (Å²) in [7, 11) is 6.85. The minimum Gasteiger partial charge on any atom is -0.345 e. The molecule has 0 saturated carbocycles. The summed E-state index contributed by atoms with van der Waals surface area (Å²) in [6.07, 6.45) is 3.33. The molecule has 1 fully saturated rings. The molecule has 0 radical (unpaired) electrons. The molecule has 2 atom stereocenters. The summed E-state index contributed by atoms with van der Waals surface area (Å²) >= 11 is 0. The molecule has 1 unspecified atom stereocenters. The molecule has 4 aromatic rings. The van der Waals surface area contributed by atoms with Crippen molar-refractivity contribution in [2.45, 2.75) is 56.0 Å². The van der Waals surface area contributed by atoms with Gasteiger partial charge in [-0.15, -0.1) is 10.2 Å². The lowest BCUT2D eigenvalue weighted by molar-refractivity contribution is -0.130. The number of amides is 3. The summed E-state index contributed by atoms with van der Waals surface area (Å²) in [5, 5.41) is 29.0. The van der Waals surface area contributed by atoms with Gasteiger partial charge in [0.05, 0.1) is 18.0 Å². The molecule has 2 aliphatic rings. The number of aromatic nitrogens is 4. The van der Waals surface area contributed by atoms with Gasteiger partial charge < -0.3 is 20.0 Å². The minimum atomic E-state index is -1.06. The van der Waals surface area contributed by atoms with Gasteiger partial charge in [0.2, 0.25) is 5.91 Å². The van der Waals surface area contributed by atoms with Gasteiger partial charge in [0, 0.05) is 51.9 Å². The molecule has 51 heavy (non-hydrogen) atoms. The fourth-order valence-electron chi connectivity index (χ4n) is 7.55. The average molecular weight is 692 g/mol. The molecule has 264 valence electrons. The van der Waals surface area contributed by atoms with Crippen molar-refractivity contribution in [2.24, 2.45) is 0 Å². The fraction of sp³-hybridized carbons (Fsp3) is 0.395. The molecular formula is C38H42FN9O3. The second kappa shape index (κ2) is 14.8. The first-order valence-corrected chi connectivity index (χ1v) is 17.1. The van der Waals surface area contributed by atoms with Crippen LogP contribution in [0.1, 0.15) is 73.6 Å². The zero-order valence-electron chi connectivity index (χ0n) is 29.3. The van der Waals surface area contributed by atoms with Gasteiger partial charge in [0.1, 0.15) is 11.9 Å². The van der Waals surface area contributed by atoms with E-state index in [1.165, 1.54) is 21.9 Å². The Labute approximate surface area is 296 Å². The van der Waals surface area contributed by atoms with Gasteiger partial charge in [-0.2, -0.15) is 10.5 Å². The predicted molar refractivity (Wildman–Crippen MR) is 187 cm³/mol. The SMILES string of the molecule is CN(C)C(=O)c1ccc2c(c1)CCc1cc(C(=O)N(C)C)ccc1C2(C[C@@H](Cc1ccc(F)cc1)NCC(=O)N1CCCC1C#N)c1nn[nH]n1. The number of hydrogen-bond donors (Lipinski definition) is 2. The van der Waals surface area contributed by atoms with E-state index in [1.807, 2.05) is 36.4 Å². The number of nitriles is 1. The van der Waals surface area contributed by atoms with Gasteiger partial charge in [-0.1, -0.05) is 29.5 Å². The first-order chi connectivity index (χ1) is 24.5. The van der Waals surface area contributed by atoms with E-state index in [9.17, 15) is 24.0 Å². The molecule has 12 nitrogen and oxygen atoms in total. The summed E-state index contributed by atoms with van der Waals surface area (Å²) in [5.41, 5.74) is 4.49. The van der Waals surface area contributed by atoms with Crippen molar-refractivity contribution in [1.82, 2.24) is 40.6 Å². The van der Waals surface area contributed by atoms with Crippen molar-refractivity contribution in [3.63, 3.8) is 0 Å². The highest BCUT2D eigenvalue weighted by Gasteiger charge is 2.46. The second-order valence-corrected chi connectivity index (χ2v) is 13.8. The van der Waals surface area contributed by atoms with Crippen LogP contribution < -0.4 is 5.32 Å². The van der Waals surface area contributed by atoms with Gasteiger partial charge in [0.25, 0.3) is 11.8 Å². The highest BCUT2D eigenvalue weighted by molar-refractivity contribution is 5.95. The van der Waals surface area contributed by atoms with E-state index in [1.54, 1.807) is 45.2 Å². The Kier molecular flexibility index (Phi) is 10.2. The first kappa shape index (κ1) is 35.3. The van der Waals surface area contributed by atoms with E-state index in [0.717, 1.165) is 34.2 Å². The quantitative estimate of drug-likeness (QED) is 0.257. The number of nitrogens with one attached hydrogen (secondary N) is 2. The number of benzene rings is 3. The number of halogens is 1. The number of tetrazole rings is 1. The number of carbonyl (C=O) groups is 3. The van der Waals surface area contributed by atoms with E-state index < -0.39 is 17.5 Å². The van der Waals surface area contributed by atoms with Gasteiger partial charge >= 0.3 is 0 Å². The van der Waals surface area contributed by atoms with Crippen molar-refractivity contribution in [1.29, 1.82) is 5.26 Å². The Bertz CT molecular complexity index is 1880. The highest BCUT2D eigenvalue weighted by Crippen LogP contribution is 2.47. The molecule has 13 heteroatoms. The van der Waals surface area contributed by atoms with E-state index in [0.29, 0.717) is 55.6 Å². The monoisotopic (exact) mass is 691 g/mol. The zero-order chi connectivity index (χ0) is 36.3. The third-order valence-electron chi connectivity index (χ3n) is 10.0. The Morgan fingerprint density at radius 1 is 0.980 bits per heavy atom. The lowest BCUT2D eigenvalue weighted by atomic mass is 9.67. The Morgan fingerprint density at radius 2 is 1.59 bits per heavy atom. The summed E-state index contributed by atoms with van der Waals surface area (Å²) in [6, 6.07) is 19.1. The van der Waals surface area contributed by atoms with Crippen LogP contribution in [0.15, 0.2) is 60.7 Å². The first-order valence-electron chi connectivity index (χ1n) is 17.1. The zero-order valence-corrected chi connectivity index (χ0v) is 29.3. The number of aryl methyl sites for hydroxylation is 2. The lowest BCUT2D eigenvalue weighted by Crippen LogP contribution is -2.47. The largest absolute Gasteiger partial charge is 0.345 e. The maximum atomic E-state index is 14.0. The van der Waals surface area contributed by atoms with Crippen molar-refractivity contribution in [3.8, 4) is 6.07 Å². The van der Waals surface area contributed by atoms with Crippen LogP contribution in [0, 0.1) is 17.1 Å². The highest BCUT2D eigenvalue weighted by atomic mass is 19.1. The van der Waals surface area contributed by atoms with Gasteiger partial charge in [0.15, 0.2) is 5.82 Å². The average Bonchev–Trinajstić information content (AvgIpc) is 3.83. The van der Waals surface area contributed by atoms with Crippen LogP contribution in [-0.2, 0) is 29.5 Å². The molecule has 1 saturated heterocycles. The number of H-pyrrole nitrogens is 1. The van der Waals surface area contributed by atoms with E-state index in [-0.39, 0.29) is 30.1 Å². The van der Waals surface area contributed by atoms with Crippen LogP contribution in [0.5, 0.6) is 0 Å². The number of fused-ring (bicyclic) bond motifs is 2. The molecule has 2 N–H and O–H groups in total.